The number of benzene rings is 1. The zero-order valence-corrected chi connectivity index (χ0v) is 15.4. The molecule has 3 aromatic rings. The van der Waals surface area contributed by atoms with Crippen LogP contribution in [0.3, 0.4) is 0 Å². The first-order valence-electron chi connectivity index (χ1n) is 9.13. The van der Waals surface area contributed by atoms with E-state index in [0.29, 0.717) is 30.4 Å². The molecule has 0 atom stereocenters. The maximum atomic E-state index is 12.4. The van der Waals surface area contributed by atoms with Crippen LogP contribution in [0.5, 0.6) is 0 Å². The summed E-state index contributed by atoms with van der Waals surface area (Å²) < 4.78 is 10.5. The Labute approximate surface area is 161 Å². The quantitative estimate of drug-likeness (QED) is 0.745. The molecule has 1 fully saturated rings. The number of piperidine rings is 1. The van der Waals surface area contributed by atoms with Crippen molar-refractivity contribution >= 4 is 17.5 Å². The van der Waals surface area contributed by atoms with E-state index in [4.69, 9.17) is 8.94 Å². The van der Waals surface area contributed by atoms with Gasteiger partial charge in [-0.1, -0.05) is 5.16 Å². The van der Waals surface area contributed by atoms with Crippen LogP contribution in [0.15, 0.2) is 51.8 Å². The average molecular weight is 380 g/mol. The van der Waals surface area contributed by atoms with Crippen LogP contribution < -0.4 is 5.32 Å². The van der Waals surface area contributed by atoms with Gasteiger partial charge in [0.15, 0.2) is 0 Å². The van der Waals surface area contributed by atoms with Crippen molar-refractivity contribution in [1.82, 2.24) is 15.0 Å². The molecule has 0 saturated carbocycles. The van der Waals surface area contributed by atoms with E-state index in [2.05, 4.69) is 15.5 Å². The molecule has 1 aliphatic heterocycles. The van der Waals surface area contributed by atoms with Crippen LogP contribution in [0.2, 0.25) is 0 Å². The number of carbonyl (C=O) groups is 2. The molecule has 8 heteroatoms. The Balaban J connectivity index is 1.38. The van der Waals surface area contributed by atoms with Crippen molar-refractivity contribution in [3.8, 4) is 11.4 Å². The Morgan fingerprint density at radius 3 is 2.54 bits per heavy atom. The molecule has 2 aromatic heterocycles. The summed E-state index contributed by atoms with van der Waals surface area (Å²) >= 11 is 0. The predicted molar refractivity (Wildman–Crippen MR) is 101 cm³/mol. The number of nitrogens with zero attached hydrogens (tertiary/aromatic N) is 3. The summed E-state index contributed by atoms with van der Waals surface area (Å²) in [5, 5.41) is 6.80. The van der Waals surface area contributed by atoms with E-state index in [1.807, 2.05) is 17.0 Å². The third-order valence-electron chi connectivity index (χ3n) is 4.80. The third kappa shape index (κ3) is 3.80. The van der Waals surface area contributed by atoms with Crippen LogP contribution in [-0.4, -0.2) is 39.9 Å². The molecule has 8 nitrogen and oxygen atoms in total. The summed E-state index contributed by atoms with van der Waals surface area (Å²) in [5.41, 5.74) is 2.10. The predicted octanol–water partition coefficient (Wildman–Crippen LogP) is 3.31. The summed E-state index contributed by atoms with van der Waals surface area (Å²) in [6.07, 6.45) is 4.51. The van der Waals surface area contributed by atoms with Crippen LogP contribution >= 0.6 is 0 Å². The maximum absolute atomic E-state index is 12.4. The highest BCUT2D eigenvalue weighted by Crippen LogP contribution is 2.29. The largest absolute Gasteiger partial charge is 0.472 e. The Bertz CT molecular complexity index is 955. The van der Waals surface area contributed by atoms with Crippen LogP contribution in [0.1, 0.15) is 41.9 Å². The standard InChI is InChI=1S/C20H20N4O4/c1-13(25)21-17-4-2-14(3-5-17)18-22-19(28-23-18)15-6-9-24(10-7-15)20(26)16-8-11-27-12-16/h2-5,8,11-12,15H,6-7,9-10H2,1H3,(H,21,25). The number of nitrogens with one attached hydrogen (secondary N) is 1. The Hall–Kier alpha value is -3.42. The second kappa shape index (κ2) is 7.67. The molecular weight excluding hydrogens is 360 g/mol. The van der Waals surface area contributed by atoms with Gasteiger partial charge in [-0.2, -0.15) is 4.98 Å². The lowest BCUT2D eigenvalue weighted by Crippen LogP contribution is -2.37. The number of amides is 2. The van der Waals surface area contributed by atoms with E-state index in [1.54, 1.807) is 18.2 Å². The van der Waals surface area contributed by atoms with Gasteiger partial charge in [0.1, 0.15) is 6.26 Å². The monoisotopic (exact) mass is 380 g/mol. The van der Waals surface area contributed by atoms with Gasteiger partial charge in [0.2, 0.25) is 17.6 Å². The van der Waals surface area contributed by atoms with Gasteiger partial charge in [-0.3, -0.25) is 9.59 Å². The van der Waals surface area contributed by atoms with Gasteiger partial charge in [0.05, 0.1) is 11.8 Å². The number of furan rings is 1. The number of hydrogen-bond donors (Lipinski definition) is 1. The van der Waals surface area contributed by atoms with E-state index < -0.39 is 0 Å². The van der Waals surface area contributed by atoms with Gasteiger partial charge < -0.3 is 19.2 Å². The molecule has 1 N–H and O–H groups in total. The first-order chi connectivity index (χ1) is 13.6. The lowest BCUT2D eigenvalue weighted by Gasteiger charge is -2.30. The summed E-state index contributed by atoms with van der Waals surface area (Å²) in [4.78, 5) is 29.8. The van der Waals surface area contributed by atoms with Crippen molar-refractivity contribution in [2.24, 2.45) is 0 Å². The van der Waals surface area contributed by atoms with Crippen molar-refractivity contribution in [3.63, 3.8) is 0 Å². The van der Waals surface area contributed by atoms with Crippen molar-refractivity contribution in [3.05, 3.63) is 54.3 Å². The molecule has 0 bridgehead atoms. The van der Waals surface area contributed by atoms with Gasteiger partial charge >= 0.3 is 0 Å². The second-order valence-corrected chi connectivity index (χ2v) is 6.79. The fraction of sp³-hybridized carbons (Fsp3) is 0.300. The van der Waals surface area contributed by atoms with Gasteiger partial charge in [0.25, 0.3) is 5.91 Å². The molecule has 0 radical (unpaired) electrons. The number of rotatable bonds is 4. The van der Waals surface area contributed by atoms with E-state index in [1.165, 1.54) is 19.5 Å². The molecule has 1 aromatic carbocycles. The van der Waals surface area contributed by atoms with Gasteiger partial charge in [-0.15, -0.1) is 0 Å². The topological polar surface area (TPSA) is 101 Å². The first-order valence-corrected chi connectivity index (χ1v) is 9.13. The van der Waals surface area contributed by atoms with E-state index in [-0.39, 0.29) is 17.7 Å². The molecule has 1 saturated heterocycles. The van der Waals surface area contributed by atoms with Crippen molar-refractivity contribution in [2.45, 2.75) is 25.7 Å². The number of likely N-dealkylation sites (tertiary alicyclic amines) is 1. The van der Waals surface area contributed by atoms with Crippen LogP contribution in [-0.2, 0) is 4.79 Å². The number of anilines is 1. The van der Waals surface area contributed by atoms with Crippen LogP contribution in [0.25, 0.3) is 11.4 Å². The summed E-state index contributed by atoms with van der Waals surface area (Å²) in [6, 6.07) is 8.95. The normalized spacial score (nSPS) is 14.8. The van der Waals surface area contributed by atoms with Gasteiger partial charge in [-0.25, -0.2) is 0 Å². The van der Waals surface area contributed by atoms with Crippen molar-refractivity contribution < 1.29 is 18.5 Å². The average Bonchev–Trinajstić information content (AvgIpc) is 3.40. The number of aromatic nitrogens is 2. The van der Waals surface area contributed by atoms with Crippen LogP contribution in [0.4, 0.5) is 5.69 Å². The Kier molecular flexibility index (Phi) is 4.92. The van der Waals surface area contributed by atoms with E-state index in [0.717, 1.165) is 24.1 Å². The lowest BCUT2D eigenvalue weighted by atomic mass is 9.96. The summed E-state index contributed by atoms with van der Waals surface area (Å²) in [7, 11) is 0. The molecule has 0 spiro atoms. The lowest BCUT2D eigenvalue weighted by molar-refractivity contribution is -0.114. The SMILES string of the molecule is CC(=O)Nc1ccc(-c2noc(C3CCN(C(=O)c4ccoc4)CC3)n2)cc1. The Morgan fingerprint density at radius 1 is 1.14 bits per heavy atom. The fourth-order valence-corrected chi connectivity index (χ4v) is 3.32. The molecule has 28 heavy (non-hydrogen) atoms. The molecule has 0 unspecified atom stereocenters. The number of carbonyl (C=O) groups excluding carboxylic acids is 2. The molecule has 3 heterocycles. The van der Waals surface area contributed by atoms with Crippen molar-refractivity contribution in [1.29, 1.82) is 0 Å². The zero-order valence-electron chi connectivity index (χ0n) is 15.4. The molecule has 1 aliphatic rings. The molecule has 144 valence electrons. The summed E-state index contributed by atoms with van der Waals surface area (Å²) in [6.45, 7) is 2.74. The minimum absolute atomic E-state index is 0.0160. The van der Waals surface area contributed by atoms with E-state index >= 15 is 0 Å². The first kappa shape index (κ1) is 18.0. The minimum atomic E-state index is -0.118. The highest BCUT2D eigenvalue weighted by atomic mass is 16.5. The van der Waals surface area contributed by atoms with Gasteiger partial charge in [0, 0.05) is 37.2 Å². The van der Waals surface area contributed by atoms with Crippen LogP contribution in [0, 0.1) is 0 Å². The highest BCUT2D eigenvalue weighted by molar-refractivity contribution is 5.93. The zero-order chi connectivity index (χ0) is 19.5. The highest BCUT2D eigenvalue weighted by Gasteiger charge is 2.28. The van der Waals surface area contributed by atoms with Gasteiger partial charge in [-0.05, 0) is 43.2 Å². The maximum Gasteiger partial charge on any atom is 0.257 e. The molecular formula is C20H20N4O4. The fourth-order valence-electron chi connectivity index (χ4n) is 3.32. The number of hydrogen-bond acceptors (Lipinski definition) is 6. The molecule has 4 rings (SSSR count). The molecule has 2 amide bonds. The minimum Gasteiger partial charge on any atom is -0.472 e. The van der Waals surface area contributed by atoms with E-state index in [9.17, 15) is 9.59 Å². The smallest absolute Gasteiger partial charge is 0.257 e. The van der Waals surface area contributed by atoms with Crippen molar-refractivity contribution in [2.75, 3.05) is 18.4 Å². The molecule has 0 aliphatic carbocycles. The summed E-state index contributed by atoms with van der Waals surface area (Å²) in [5.74, 6) is 1.11. The second-order valence-electron chi connectivity index (χ2n) is 6.79. The Morgan fingerprint density at radius 2 is 1.89 bits per heavy atom. The third-order valence-corrected chi connectivity index (χ3v) is 4.80.